The van der Waals surface area contributed by atoms with Crippen molar-refractivity contribution in [2.75, 3.05) is 38.1 Å². The SMILES string of the molecule is CN=C(NCC(=O)N1CCc2ccccc21)NC1CCN(C(C)C)CC1.I. The van der Waals surface area contributed by atoms with Crippen LogP contribution in [0.5, 0.6) is 0 Å². The first kappa shape index (κ1) is 21.9. The van der Waals surface area contributed by atoms with Gasteiger partial charge in [-0.25, -0.2) is 0 Å². The van der Waals surface area contributed by atoms with E-state index in [0.717, 1.165) is 44.6 Å². The smallest absolute Gasteiger partial charge is 0.246 e. The number of carbonyl (C=O) groups excluding carboxylic acids is 1. The molecule has 1 aromatic rings. The Balaban J connectivity index is 0.00000261. The molecule has 1 amide bonds. The molecule has 6 nitrogen and oxygen atoms in total. The summed E-state index contributed by atoms with van der Waals surface area (Å²) < 4.78 is 0. The second kappa shape index (κ2) is 10.3. The number of amides is 1. The van der Waals surface area contributed by atoms with Crippen LogP contribution in [-0.2, 0) is 11.2 Å². The van der Waals surface area contributed by atoms with Crippen molar-refractivity contribution in [2.24, 2.45) is 4.99 Å². The minimum Gasteiger partial charge on any atom is -0.354 e. The Morgan fingerprint density at radius 2 is 1.93 bits per heavy atom. The molecular formula is C20H32IN5O. The Morgan fingerprint density at radius 1 is 1.22 bits per heavy atom. The number of para-hydroxylation sites is 1. The number of halogens is 1. The van der Waals surface area contributed by atoms with E-state index in [1.165, 1.54) is 5.56 Å². The summed E-state index contributed by atoms with van der Waals surface area (Å²) in [5, 5.41) is 6.66. The quantitative estimate of drug-likeness (QED) is 0.390. The summed E-state index contributed by atoms with van der Waals surface area (Å²) in [7, 11) is 1.76. The van der Waals surface area contributed by atoms with Gasteiger partial charge in [0.25, 0.3) is 0 Å². The molecule has 2 aliphatic rings. The highest BCUT2D eigenvalue weighted by Gasteiger charge is 2.25. The lowest BCUT2D eigenvalue weighted by Crippen LogP contribution is -2.51. The van der Waals surface area contributed by atoms with Gasteiger partial charge in [-0.2, -0.15) is 0 Å². The monoisotopic (exact) mass is 485 g/mol. The van der Waals surface area contributed by atoms with Crippen molar-refractivity contribution in [3.8, 4) is 0 Å². The zero-order valence-electron chi connectivity index (χ0n) is 16.6. The van der Waals surface area contributed by atoms with Gasteiger partial charge in [0.1, 0.15) is 0 Å². The van der Waals surface area contributed by atoms with E-state index < -0.39 is 0 Å². The summed E-state index contributed by atoms with van der Waals surface area (Å²) in [4.78, 5) is 21.3. The standard InChI is InChI=1S/C20H31N5O.HI/c1-15(2)24-11-9-17(10-12-24)23-20(21-3)22-14-19(26)25-13-8-16-6-4-5-7-18(16)25;/h4-7,15,17H,8-14H2,1-3H3,(H2,21,22,23);1H. The topological polar surface area (TPSA) is 60.0 Å². The second-order valence-corrected chi connectivity index (χ2v) is 7.40. The van der Waals surface area contributed by atoms with Crippen molar-refractivity contribution in [3.05, 3.63) is 29.8 Å². The van der Waals surface area contributed by atoms with Gasteiger partial charge in [0.05, 0.1) is 6.54 Å². The van der Waals surface area contributed by atoms with Gasteiger partial charge in [-0.15, -0.1) is 24.0 Å². The lowest BCUT2D eigenvalue weighted by molar-refractivity contribution is -0.117. The molecule has 0 aliphatic carbocycles. The molecule has 27 heavy (non-hydrogen) atoms. The van der Waals surface area contributed by atoms with Crippen LogP contribution in [0.4, 0.5) is 5.69 Å². The van der Waals surface area contributed by atoms with Crippen molar-refractivity contribution in [1.29, 1.82) is 0 Å². The van der Waals surface area contributed by atoms with Gasteiger partial charge in [-0.1, -0.05) is 18.2 Å². The summed E-state index contributed by atoms with van der Waals surface area (Å²) >= 11 is 0. The summed E-state index contributed by atoms with van der Waals surface area (Å²) in [5.41, 5.74) is 2.29. The number of hydrogen-bond donors (Lipinski definition) is 2. The zero-order valence-corrected chi connectivity index (χ0v) is 18.9. The van der Waals surface area contributed by atoms with Crippen LogP contribution in [0.15, 0.2) is 29.3 Å². The molecule has 3 rings (SSSR count). The lowest BCUT2D eigenvalue weighted by atomic mass is 10.0. The number of guanidine groups is 1. The average molecular weight is 485 g/mol. The third-order valence-electron chi connectivity index (χ3n) is 5.42. The van der Waals surface area contributed by atoms with Crippen LogP contribution in [0.25, 0.3) is 0 Å². The van der Waals surface area contributed by atoms with Crippen molar-refractivity contribution < 1.29 is 4.79 Å². The largest absolute Gasteiger partial charge is 0.354 e. The first-order chi connectivity index (χ1) is 12.6. The van der Waals surface area contributed by atoms with Crippen molar-refractivity contribution in [1.82, 2.24) is 15.5 Å². The predicted molar refractivity (Wildman–Crippen MR) is 122 cm³/mol. The first-order valence-corrected chi connectivity index (χ1v) is 9.68. The van der Waals surface area contributed by atoms with E-state index in [9.17, 15) is 4.79 Å². The molecule has 0 atom stereocenters. The number of likely N-dealkylation sites (tertiary alicyclic amines) is 1. The first-order valence-electron chi connectivity index (χ1n) is 9.68. The number of nitrogens with zero attached hydrogens (tertiary/aromatic N) is 3. The molecule has 0 aromatic heterocycles. The second-order valence-electron chi connectivity index (χ2n) is 7.40. The molecule has 1 fully saturated rings. The maximum absolute atomic E-state index is 12.6. The van der Waals surface area contributed by atoms with Crippen LogP contribution >= 0.6 is 24.0 Å². The third kappa shape index (κ3) is 5.57. The number of hydrogen-bond acceptors (Lipinski definition) is 3. The van der Waals surface area contributed by atoms with E-state index in [0.29, 0.717) is 18.0 Å². The number of carbonyl (C=O) groups is 1. The zero-order chi connectivity index (χ0) is 18.5. The van der Waals surface area contributed by atoms with Crippen molar-refractivity contribution in [2.45, 2.75) is 45.2 Å². The molecule has 1 saturated heterocycles. The maximum Gasteiger partial charge on any atom is 0.246 e. The number of anilines is 1. The van der Waals surface area contributed by atoms with Crippen LogP contribution in [0.1, 0.15) is 32.3 Å². The summed E-state index contributed by atoms with van der Waals surface area (Å²) in [6.45, 7) is 7.73. The fraction of sp³-hybridized carbons (Fsp3) is 0.600. The Bertz CT molecular complexity index is 656. The van der Waals surface area contributed by atoms with Gasteiger partial charge in [0.15, 0.2) is 5.96 Å². The predicted octanol–water partition coefficient (Wildman–Crippen LogP) is 2.23. The molecular weight excluding hydrogens is 453 g/mol. The molecule has 0 bridgehead atoms. The summed E-state index contributed by atoms with van der Waals surface area (Å²) in [6, 6.07) is 9.16. The number of fused-ring (bicyclic) bond motifs is 1. The Morgan fingerprint density at radius 3 is 2.59 bits per heavy atom. The number of benzene rings is 1. The molecule has 2 N–H and O–H groups in total. The van der Waals surface area contributed by atoms with Gasteiger partial charge in [0.2, 0.25) is 5.91 Å². The minimum absolute atomic E-state index is 0. The molecule has 0 unspecified atom stereocenters. The van der Waals surface area contributed by atoms with E-state index in [4.69, 9.17) is 0 Å². The highest BCUT2D eigenvalue weighted by atomic mass is 127. The number of aliphatic imine (C=N–C) groups is 1. The van der Waals surface area contributed by atoms with Crippen LogP contribution in [-0.4, -0.2) is 62.1 Å². The fourth-order valence-electron chi connectivity index (χ4n) is 3.80. The molecule has 0 saturated carbocycles. The lowest BCUT2D eigenvalue weighted by Gasteiger charge is -2.35. The normalized spacial score (nSPS) is 18.2. The summed E-state index contributed by atoms with van der Waals surface area (Å²) in [5.74, 6) is 0.807. The molecule has 0 radical (unpaired) electrons. The van der Waals surface area contributed by atoms with E-state index in [2.05, 4.69) is 40.4 Å². The number of nitrogens with one attached hydrogen (secondary N) is 2. The van der Waals surface area contributed by atoms with Crippen LogP contribution in [0.2, 0.25) is 0 Å². The van der Waals surface area contributed by atoms with Crippen molar-refractivity contribution >= 4 is 41.5 Å². The van der Waals surface area contributed by atoms with Gasteiger partial charge < -0.3 is 20.4 Å². The number of piperidine rings is 1. The minimum atomic E-state index is 0. The van der Waals surface area contributed by atoms with E-state index >= 15 is 0 Å². The number of rotatable bonds is 4. The van der Waals surface area contributed by atoms with Crippen LogP contribution < -0.4 is 15.5 Å². The van der Waals surface area contributed by atoms with Gasteiger partial charge in [0, 0.05) is 44.5 Å². The third-order valence-corrected chi connectivity index (χ3v) is 5.42. The highest BCUT2D eigenvalue weighted by Crippen LogP contribution is 2.27. The molecule has 7 heteroatoms. The molecule has 2 aliphatic heterocycles. The van der Waals surface area contributed by atoms with Gasteiger partial charge >= 0.3 is 0 Å². The molecule has 2 heterocycles. The van der Waals surface area contributed by atoms with E-state index in [1.807, 2.05) is 23.1 Å². The van der Waals surface area contributed by atoms with E-state index in [-0.39, 0.29) is 36.4 Å². The Kier molecular flexibility index (Phi) is 8.34. The Labute approximate surface area is 179 Å². The average Bonchev–Trinajstić information content (AvgIpc) is 3.09. The summed E-state index contributed by atoms with van der Waals surface area (Å²) in [6.07, 6.45) is 3.14. The fourth-order valence-corrected chi connectivity index (χ4v) is 3.80. The van der Waals surface area contributed by atoms with E-state index in [1.54, 1.807) is 7.05 Å². The molecule has 0 spiro atoms. The van der Waals surface area contributed by atoms with Crippen LogP contribution in [0.3, 0.4) is 0 Å². The van der Waals surface area contributed by atoms with Crippen LogP contribution in [0, 0.1) is 0 Å². The van der Waals surface area contributed by atoms with Gasteiger partial charge in [-0.3, -0.25) is 9.79 Å². The van der Waals surface area contributed by atoms with Gasteiger partial charge in [-0.05, 0) is 44.7 Å². The maximum atomic E-state index is 12.6. The Hall–Kier alpha value is -1.35. The molecule has 1 aromatic carbocycles. The highest BCUT2D eigenvalue weighted by molar-refractivity contribution is 14.0. The van der Waals surface area contributed by atoms with Crippen molar-refractivity contribution in [3.63, 3.8) is 0 Å². The molecule has 150 valence electrons.